The number of nitrogens with one attached hydrogen (secondary N) is 1. The molecule has 0 aromatic carbocycles. The molecule has 3 rings (SSSR count). The normalized spacial score (nSPS) is 17.4. The maximum Gasteiger partial charge on any atom is 0.280 e. The lowest BCUT2D eigenvalue weighted by Crippen LogP contribution is -2.43. The summed E-state index contributed by atoms with van der Waals surface area (Å²) < 4.78 is 12.3. The van der Waals surface area contributed by atoms with Crippen molar-refractivity contribution in [1.29, 1.82) is 0 Å². The predicted octanol–water partition coefficient (Wildman–Crippen LogP) is 0.570. The number of methoxy groups -OCH3 is 1. The standard InChI is InChI=1S/C11H16N6O2/c1-3-9(18-2)10-13-11(19-15-10)8-6-17(16-14-8)7-4-12-5-7/h6-7,9,12H,3-5H2,1-2H3. The van der Waals surface area contributed by atoms with Gasteiger partial charge in [-0.05, 0) is 6.42 Å². The van der Waals surface area contributed by atoms with Gasteiger partial charge in [-0.3, -0.25) is 0 Å². The van der Waals surface area contributed by atoms with E-state index in [1.54, 1.807) is 7.11 Å². The van der Waals surface area contributed by atoms with Crippen molar-refractivity contribution in [2.45, 2.75) is 25.5 Å². The number of ether oxygens (including phenoxy) is 1. The molecular weight excluding hydrogens is 248 g/mol. The van der Waals surface area contributed by atoms with E-state index in [2.05, 4.69) is 25.8 Å². The third-order valence-corrected chi connectivity index (χ3v) is 3.25. The first kappa shape index (κ1) is 12.2. The molecule has 1 atom stereocenters. The zero-order valence-corrected chi connectivity index (χ0v) is 10.9. The fourth-order valence-electron chi connectivity index (χ4n) is 1.94. The van der Waals surface area contributed by atoms with Gasteiger partial charge in [-0.15, -0.1) is 5.10 Å². The van der Waals surface area contributed by atoms with Gasteiger partial charge in [0.2, 0.25) is 5.82 Å². The second-order valence-corrected chi connectivity index (χ2v) is 4.49. The maximum absolute atomic E-state index is 5.27. The van der Waals surface area contributed by atoms with E-state index in [1.165, 1.54) is 0 Å². The molecule has 1 aliphatic heterocycles. The van der Waals surface area contributed by atoms with Gasteiger partial charge in [0.15, 0.2) is 5.69 Å². The molecule has 0 radical (unpaired) electrons. The summed E-state index contributed by atoms with van der Waals surface area (Å²) in [5.41, 5.74) is 0.594. The van der Waals surface area contributed by atoms with E-state index in [9.17, 15) is 0 Å². The Labute approximate surface area is 110 Å². The zero-order chi connectivity index (χ0) is 13.2. The molecule has 1 aliphatic rings. The highest BCUT2D eigenvalue weighted by molar-refractivity contribution is 5.43. The van der Waals surface area contributed by atoms with E-state index in [-0.39, 0.29) is 6.10 Å². The first-order chi connectivity index (χ1) is 9.31. The lowest BCUT2D eigenvalue weighted by molar-refractivity contribution is 0.0903. The average molecular weight is 264 g/mol. The van der Waals surface area contributed by atoms with Crippen LogP contribution in [0.15, 0.2) is 10.7 Å². The molecule has 0 saturated carbocycles. The molecule has 1 saturated heterocycles. The van der Waals surface area contributed by atoms with Gasteiger partial charge in [-0.2, -0.15) is 4.98 Å². The summed E-state index contributed by atoms with van der Waals surface area (Å²) in [5.74, 6) is 0.920. The van der Waals surface area contributed by atoms with E-state index < -0.39 is 0 Å². The quantitative estimate of drug-likeness (QED) is 0.844. The molecule has 19 heavy (non-hydrogen) atoms. The summed E-state index contributed by atoms with van der Waals surface area (Å²) >= 11 is 0. The lowest BCUT2D eigenvalue weighted by atomic mass is 10.2. The Kier molecular flexibility index (Phi) is 3.26. The molecule has 3 heterocycles. The molecule has 102 valence electrons. The molecule has 0 aliphatic carbocycles. The Morgan fingerprint density at radius 3 is 3.05 bits per heavy atom. The second kappa shape index (κ2) is 5.06. The minimum atomic E-state index is -0.150. The van der Waals surface area contributed by atoms with Crippen molar-refractivity contribution in [3.05, 3.63) is 12.0 Å². The van der Waals surface area contributed by atoms with Crippen LogP contribution in [0.1, 0.15) is 31.3 Å². The summed E-state index contributed by atoms with van der Waals surface area (Å²) in [7, 11) is 1.63. The molecule has 1 N–H and O–H groups in total. The molecule has 8 heteroatoms. The van der Waals surface area contributed by atoms with Gasteiger partial charge in [-0.25, -0.2) is 4.68 Å². The number of aromatic nitrogens is 5. The number of hydrogen-bond donors (Lipinski definition) is 1. The Bertz CT molecular complexity index is 543. The van der Waals surface area contributed by atoms with Crippen molar-refractivity contribution in [3.63, 3.8) is 0 Å². The van der Waals surface area contributed by atoms with E-state index in [0.29, 0.717) is 23.5 Å². The van der Waals surface area contributed by atoms with Crippen LogP contribution in [0.25, 0.3) is 11.6 Å². The summed E-state index contributed by atoms with van der Waals surface area (Å²) in [6.07, 6.45) is 2.47. The minimum Gasteiger partial charge on any atom is -0.373 e. The molecule has 8 nitrogen and oxygen atoms in total. The van der Waals surface area contributed by atoms with Gasteiger partial charge in [-0.1, -0.05) is 17.3 Å². The summed E-state index contributed by atoms with van der Waals surface area (Å²) in [4.78, 5) is 4.30. The lowest BCUT2D eigenvalue weighted by Gasteiger charge is -2.26. The summed E-state index contributed by atoms with van der Waals surface area (Å²) in [5, 5.41) is 15.2. The molecule has 0 bridgehead atoms. The molecule has 1 unspecified atom stereocenters. The maximum atomic E-state index is 5.27. The van der Waals surface area contributed by atoms with E-state index in [4.69, 9.17) is 9.26 Å². The fourth-order valence-corrected chi connectivity index (χ4v) is 1.94. The Morgan fingerprint density at radius 1 is 1.58 bits per heavy atom. The Morgan fingerprint density at radius 2 is 2.42 bits per heavy atom. The van der Waals surface area contributed by atoms with Crippen LogP contribution in [0.3, 0.4) is 0 Å². The highest BCUT2D eigenvalue weighted by atomic mass is 16.5. The predicted molar refractivity (Wildman–Crippen MR) is 65.3 cm³/mol. The summed E-state index contributed by atoms with van der Waals surface area (Å²) in [6, 6.07) is 0.367. The molecule has 1 fully saturated rings. The highest BCUT2D eigenvalue weighted by Gasteiger charge is 2.23. The van der Waals surface area contributed by atoms with Crippen molar-refractivity contribution < 1.29 is 9.26 Å². The van der Waals surface area contributed by atoms with Gasteiger partial charge in [0.1, 0.15) is 6.10 Å². The molecule has 0 amide bonds. The average Bonchev–Trinajstić information content (AvgIpc) is 2.97. The van der Waals surface area contributed by atoms with Crippen LogP contribution in [0.2, 0.25) is 0 Å². The molecule has 0 spiro atoms. The van der Waals surface area contributed by atoms with Crippen LogP contribution < -0.4 is 5.32 Å². The van der Waals surface area contributed by atoms with Crippen molar-refractivity contribution in [1.82, 2.24) is 30.5 Å². The monoisotopic (exact) mass is 264 g/mol. The molecule has 2 aromatic rings. The largest absolute Gasteiger partial charge is 0.373 e. The third-order valence-electron chi connectivity index (χ3n) is 3.25. The number of rotatable bonds is 5. The number of nitrogens with zero attached hydrogens (tertiary/aromatic N) is 5. The van der Waals surface area contributed by atoms with Gasteiger partial charge >= 0.3 is 0 Å². The van der Waals surface area contributed by atoms with E-state index in [1.807, 2.05) is 17.8 Å². The molecule has 2 aromatic heterocycles. The highest BCUT2D eigenvalue weighted by Crippen LogP contribution is 2.21. The minimum absolute atomic E-state index is 0.150. The van der Waals surface area contributed by atoms with Crippen LogP contribution in [0.5, 0.6) is 0 Å². The van der Waals surface area contributed by atoms with Crippen molar-refractivity contribution in [2.75, 3.05) is 20.2 Å². The van der Waals surface area contributed by atoms with Crippen LogP contribution in [0.4, 0.5) is 0 Å². The smallest absolute Gasteiger partial charge is 0.280 e. The fraction of sp³-hybridized carbons (Fsp3) is 0.636. The van der Waals surface area contributed by atoms with E-state index >= 15 is 0 Å². The van der Waals surface area contributed by atoms with Crippen molar-refractivity contribution in [3.8, 4) is 11.6 Å². The second-order valence-electron chi connectivity index (χ2n) is 4.49. The Balaban J connectivity index is 1.80. The van der Waals surface area contributed by atoms with Crippen LogP contribution in [-0.4, -0.2) is 45.3 Å². The SMILES string of the molecule is CCC(OC)c1noc(-c2cn(C3CNC3)nn2)n1. The van der Waals surface area contributed by atoms with Crippen molar-refractivity contribution in [2.24, 2.45) is 0 Å². The van der Waals surface area contributed by atoms with Gasteiger partial charge in [0, 0.05) is 20.2 Å². The third kappa shape index (κ3) is 2.24. The zero-order valence-electron chi connectivity index (χ0n) is 10.9. The van der Waals surface area contributed by atoms with Gasteiger partial charge < -0.3 is 14.6 Å². The van der Waals surface area contributed by atoms with Crippen molar-refractivity contribution >= 4 is 0 Å². The van der Waals surface area contributed by atoms with Crippen LogP contribution in [0, 0.1) is 0 Å². The first-order valence-electron chi connectivity index (χ1n) is 6.31. The molecular formula is C11H16N6O2. The van der Waals surface area contributed by atoms with Gasteiger partial charge in [0.25, 0.3) is 5.89 Å². The topological polar surface area (TPSA) is 90.9 Å². The first-order valence-corrected chi connectivity index (χ1v) is 6.31. The summed E-state index contributed by atoms with van der Waals surface area (Å²) in [6.45, 7) is 3.84. The Hall–Kier alpha value is -1.80. The van der Waals surface area contributed by atoms with Gasteiger partial charge in [0.05, 0.1) is 12.2 Å². The van der Waals surface area contributed by atoms with Crippen LogP contribution >= 0.6 is 0 Å². The van der Waals surface area contributed by atoms with E-state index in [0.717, 1.165) is 19.5 Å². The van der Waals surface area contributed by atoms with Crippen LogP contribution in [-0.2, 0) is 4.74 Å². The number of hydrogen-bond acceptors (Lipinski definition) is 7.